The normalized spacial score (nSPS) is 18.3. The molecule has 1 N–H and O–H groups in total. The van der Waals surface area contributed by atoms with Crippen molar-refractivity contribution < 1.29 is 4.42 Å². The highest BCUT2D eigenvalue weighted by Crippen LogP contribution is 2.31. The van der Waals surface area contributed by atoms with E-state index in [1.54, 1.807) is 0 Å². The number of allylic oxidation sites excluding steroid dienone is 1. The van der Waals surface area contributed by atoms with Gasteiger partial charge < -0.3 is 9.73 Å². The Morgan fingerprint density at radius 2 is 2.29 bits per heavy atom. The standard InChI is InChI=1S/C12H17NO/c1-9-7-8-11(14-9)12(13-2)10-5-3-4-6-10/h5,7-8,12-13H,3-4,6H2,1-2H3. The largest absolute Gasteiger partial charge is 0.464 e. The number of likely N-dealkylation sites (N-methyl/N-ethyl adjacent to an activating group) is 1. The zero-order valence-electron chi connectivity index (χ0n) is 8.84. The fourth-order valence-electron chi connectivity index (χ4n) is 2.08. The third kappa shape index (κ3) is 1.75. The summed E-state index contributed by atoms with van der Waals surface area (Å²) in [5.41, 5.74) is 1.47. The molecule has 0 radical (unpaired) electrons. The van der Waals surface area contributed by atoms with Gasteiger partial charge in [0.05, 0.1) is 6.04 Å². The van der Waals surface area contributed by atoms with E-state index in [1.807, 2.05) is 20.0 Å². The van der Waals surface area contributed by atoms with Crippen molar-refractivity contribution in [3.8, 4) is 0 Å². The Balaban J connectivity index is 2.20. The Kier molecular flexibility index (Phi) is 2.73. The molecule has 1 aliphatic rings. The summed E-state index contributed by atoms with van der Waals surface area (Å²) in [5, 5.41) is 3.31. The van der Waals surface area contributed by atoms with Gasteiger partial charge in [0.15, 0.2) is 0 Å². The molecule has 1 aromatic heterocycles. The average molecular weight is 191 g/mol. The van der Waals surface area contributed by atoms with E-state index in [-0.39, 0.29) is 6.04 Å². The maximum Gasteiger partial charge on any atom is 0.125 e. The summed E-state index contributed by atoms with van der Waals surface area (Å²) in [6.07, 6.45) is 6.03. The highest BCUT2D eigenvalue weighted by atomic mass is 16.3. The molecule has 2 nitrogen and oxygen atoms in total. The zero-order valence-corrected chi connectivity index (χ0v) is 8.84. The van der Waals surface area contributed by atoms with Crippen LogP contribution in [0.5, 0.6) is 0 Å². The molecule has 1 aliphatic carbocycles. The highest BCUT2D eigenvalue weighted by Gasteiger charge is 2.19. The van der Waals surface area contributed by atoms with E-state index in [1.165, 1.54) is 24.8 Å². The number of aryl methyl sites for hydroxylation is 1. The van der Waals surface area contributed by atoms with Gasteiger partial charge in [0, 0.05) is 0 Å². The molecule has 0 saturated heterocycles. The second kappa shape index (κ2) is 4.01. The minimum atomic E-state index is 0.284. The fourth-order valence-corrected chi connectivity index (χ4v) is 2.08. The van der Waals surface area contributed by atoms with Gasteiger partial charge in [-0.2, -0.15) is 0 Å². The Bertz CT molecular complexity index is 338. The van der Waals surface area contributed by atoms with Gasteiger partial charge in [0.1, 0.15) is 11.5 Å². The van der Waals surface area contributed by atoms with Crippen LogP contribution in [0.25, 0.3) is 0 Å². The van der Waals surface area contributed by atoms with Crippen LogP contribution in [-0.4, -0.2) is 7.05 Å². The van der Waals surface area contributed by atoms with E-state index in [0.717, 1.165) is 11.5 Å². The summed E-state index contributed by atoms with van der Waals surface area (Å²) in [6.45, 7) is 1.99. The van der Waals surface area contributed by atoms with E-state index >= 15 is 0 Å². The molecule has 76 valence electrons. The third-order valence-electron chi connectivity index (χ3n) is 2.78. The van der Waals surface area contributed by atoms with Crippen molar-refractivity contribution in [2.75, 3.05) is 7.05 Å². The Morgan fingerprint density at radius 1 is 1.43 bits per heavy atom. The monoisotopic (exact) mass is 191 g/mol. The molecule has 0 amide bonds. The lowest BCUT2D eigenvalue weighted by Crippen LogP contribution is -2.17. The van der Waals surface area contributed by atoms with Crippen molar-refractivity contribution in [3.05, 3.63) is 35.3 Å². The van der Waals surface area contributed by atoms with Crippen LogP contribution in [0, 0.1) is 6.92 Å². The second-order valence-corrected chi connectivity index (χ2v) is 3.84. The summed E-state index contributed by atoms with van der Waals surface area (Å²) in [4.78, 5) is 0. The molecule has 1 unspecified atom stereocenters. The number of furan rings is 1. The summed E-state index contributed by atoms with van der Waals surface area (Å²) in [6, 6.07) is 4.37. The molecule has 0 fully saturated rings. The van der Waals surface area contributed by atoms with Crippen LogP contribution in [0.4, 0.5) is 0 Å². The first kappa shape index (κ1) is 9.53. The molecule has 0 bridgehead atoms. The molecule has 1 atom stereocenters. The lowest BCUT2D eigenvalue weighted by molar-refractivity contribution is 0.438. The lowest BCUT2D eigenvalue weighted by Gasteiger charge is -2.14. The first-order chi connectivity index (χ1) is 6.81. The topological polar surface area (TPSA) is 25.2 Å². The summed E-state index contributed by atoms with van der Waals surface area (Å²) < 4.78 is 5.65. The SMILES string of the molecule is CNC(C1=CCCC1)c1ccc(C)o1. The number of hydrogen-bond acceptors (Lipinski definition) is 2. The molecule has 0 saturated carbocycles. The predicted molar refractivity (Wildman–Crippen MR) is 57.2 cm³/mol. The Labute approximate surface area is 85.0 Å². The molecule has 0 aliphatic heterocycles. The molecule has 1 aromatic rings. The summed E-state index contributed by atoms with van der Waals surface area (Å²) in [7, 11) is 1.99. The first-order valence-corrected chi connectivity index (χ1v) is 5.24. The van der Waals surface area contributed by atoms with E-state index in [4.69, 9.17) is 4.42 Å². The highest BCUT2D eigenvalue weighted by molar-refractivity contribution is 5.24. The van der Waals surface area contributed by atoms with Crippen LogP contribution < -0.4 is 5.32 Å². The van der Waals surface area contributed by atoms with E-state index in [9.17, 15) is 0 Å². The summed E-state index contributed by atoms with van der Waals surface area (Å²) in [5.74, 6) is 2.02. The quantitative estimate of drug-likeness (QED) is 0.743. The fraction of sp³-hybridized carbons (Fsp3) is 0.500. The number of rotatable bonds is 3. The van der Waals surface area contributed by atoms with Gasteiger partial charge in [-0.05, 0) is 50.9 Å². The van der Waals surface area contributed by atoms with Crippen molar-refractivity contribution in [3.63, 3.8) is 0 Å². The van der Waals surface area contributed by atoms with Crippen molar-refractivity contribution in [2.45, 2.75) is 32.2 Å². The van der Waals surface area contributed by atoms with E-state index < -0.39 is 0 Å². The third-order valence-corrected chi connectivity index (χ3v) is 2.78. The van der Waals surface area contributed by atoms with Crippen LogP contribution in [0.1, 0.15) is 36.8 Å². The Morgan fingerprint density at radius 3 is 2.79 bits per heavy atom. The Hall–Kier alpha value is -1.02. The lowest BCUT2D eigenvalue weighted by atomic mass is 10.0. The van der Waals surface area contributed by atoms with Gasteiger partial charge in [0.25, 0.3) is 0 Å². The number of nitrogens with one attached hydrogen (secondary N) is 1. The van der Waals surface area contributed by atoms with Crippen molar-refractivity contribution in [1.82, 2.24) is 5.32 Å². The van der Waals surface area contributed by atoms with Crippen molar-refractivity contribution >= 4 is 0 Å². The van der Waals surface area contributed by atoms with Gasteiger partial charge in [-0.25, -0.2) is 0 Å². The predicted octanol–water partition coefficient (Wildman–Crippen LogP) is 2.96. The van der Waals surface area contributed by atoms with E-state index in [0.29, 0.717) is 0 Å². The van der Waals surface area contributed by atoms with E-state index in [2.05, 4.69) is 17.5 Å². The van der Waals surface area contributed by atoms with Crippen LogP contribution in [-0.2, 0) is 0 Å². The molecular formula is C12H17NO. The molecule has 1 heterocycles. The summed E-state index contributed by atoms with van der Waals surface area (Å²) >= 11 is 0. The van der Waals surface area contributed by atoms with Crippen molar-refractivity contribution in [1.29, 1.82) is 0 Å². The molecule has 0 aromatic carbocycles. The molecular weight excluding hydrogens is 174 g/mol. The average Bonchev–Trinajstić information content (AvgIpc) is 2.79. The smallest absolute Gasteiger partial charge is 0.125 e. The second-order valence-electron chi connectivity index (χ2n) is 3.84. The van der Waals surface area contributed by atoms with Gasteiger partial charge in [-0.15, -0.1) is 0 Å². The van der Waals surface area contributed by atoms with Crippen LogP contribution >= 0.6 is 0 Å². The number of hydrogen-bond donors (Lipinski definition) is 1. The van der Waals surface area contributed by atoms with Gasteiger partial charge in [-0.1, -0.05) is 6.08 Å². The molecule has 2 rings (SSSR count). The maximum atomic E-state index is 5.65. The minimum Gasteiger partial charge on any atom is -0.464 e. The molecule has 2 heteroatoms. The van der Waals surface area contributed by atoms with Crippen molar-refractivity contribution in [2.24, 2.45) is 0 Å². The van der Waals surface area contributed by atoms with Crippen LogP contribution in [0.3, 0.4) is 0 Å². The van der Waals surface area contributed by atoms with Crippen LogP contribution in [0.2, 0.25) is 0 Å². The van der Waals surface area contributed by atoms with Gasteiger partial charge in [0.2, 0.25) is 0 Å². The zero-order chi connectivity index (χ0) is 9.97. The minimum absolute atomic E-state index is 0.284. The maximum absolute atomic E-state index is 5.65. The molecule has 14 heavy (non-hydrogen) atoms. The molecule has 0 spiro atoms. The van der Waals surface area contributed by atoms with Gasteiger partial charge in [-0.3, -0.25) is 0 Å². The first-order valence-electron chi connectivity index (χ1n) is 5.24. The van der Waals surface area contributed by atoms with Gasteiger partial charge >= 0.3 is 0 Å². The van der Waals surface area contributed by atoms with Crippen LogP contribution in [0.15, 0.2) is 28.2 Å².